The van der Waals surface area contributed by atoms with Gasteiger partial charge in [-0.2, -0.15) is 0 Å². The normalized spacial score (nSPS) is 25.3. The van der Waals surface area contributed by atoms with Crippen LogP contribution in [0.4, 0.5) is 0 Å². The van der Waals surface area contributed by atoms with Crippen LogP contribution in [-0.4, -0.2) is 54.0 Å². The number of fused-ring (bicyclic) bond motifs is 1. The molecule has 2 unspecified atom stereocenters. The number of carbonyl (C=O) groups is 1. The Hall–Kier alpha value is -1.35. The first-order chi connectivity index (χ1) is 10.2. The van der Waals surface area contributed by atoms with Crippen molar-refractivity contribution in [1.82, 2.24) is 9.80 Å². The molecule has 0 radical (unpaired) electrons. The van der Waals surface area contributed by atoms with E-state index < -0.39 is 0 Å². The monoisotopic (exact) mass is 303 g/mol. The van der Waals surface area contributed by atoms with Gasteiger partial charge < -0.3 is 10.6 Å². The lowest BCUT2D eigenvalue weighted by Gasteiger charge is -2.42. The van der Waals surface area contributed by atoms with Crippen LogP contribution in [0.1, 0.15) is 35.0 Å². The second-order valence-electron chi connectivity index (χ2n) is 5.77. The summed E-state index contributed by atoms with van der Waals surface area (Å²) in [6.45, 7) is 5.49. The molecule has 21 heavy (non-hydrogen) atoms. The van der Waals surface area contributed by atoms with Crippen molar-refractivity contribution in [2.45, 2.75) is 31.8 Å². The van der Waals surface area contributed by atoms with Crippen LogP contribution < -0.4 is 5.73 Å². The summed E-state index contributed by atoms with van der Waals surface area (Å²) >= 11 is 1.48. The van der Waals surface area contributed by atoms with Crippen molar-refractivity contribution in [3.05, 3.63) is 21.9 Å². The van der Waals surface area contributed by atoms with Gasteiger partial charge in [-0.15, -0.1) is 11.3 Å². The lowest BCUT2D eigenvalue weighted by atomic mass is 10.1. The van der Waals surface area contributed by atoms with Crippen LogP contribution in [-0.2, 0) is 0 Å². The van der Waals surface area contributed by atoms with Gasteiger partial charge in [0.05, 0.1) is 6.54 Å². The Balaban J connectivity index is 1.80. The van der Waals surface area contributed by atoms with Gasteiger partial charge in [0.15, 0.2) is 0 Å². The highest BCUT2D eigenvalue weighted by molar-refractivity contribution is 7.12. The Labute approximate surface area is 129 Å². The molecule has 2 saturated heterocycles. The van der Waals surface area contributed by atoms with E-state index in [0.29, 0.717) is 12.6 Å². The van der Waals surface area contributed by atoms with Gasteiger partial charge in [-0.1, -0.05) is 11.8 Å². The first kappa shape index (κ1) is 14.6. The number of hydrogen-bond acceptors (Lipinski definition) is 4. The maximum Gasteiger partial charge on any atom is 0.265 e. The summed E-state index contributed by atoms with van der Waals surface area (Å²) in [5, 5.41) is 1.93. The lowest BCUT2D eigenvalue weighted by Crippen LogP contribution is -2.56. The van der Waals surface area contributed by atoms with E-state index >= 15 is 0 Å². The molecule has 2 fully saturated rings. The summed E-state index contributed by atoms with van der Waals surface area (Å²) in [7, 11) is 0. The average molecular weight is 303 g/mol. The molecule has 112 valence electrons. The first-order valence-corrected chi connectivity index (χ1v) is 8.40. The highest BCUT2D eigenvalue weighted by Crippen LogP contribution is 2.27. The number of amides is 1. The van der Waals surface area contributed by atoms with E-state index in [-0.39, 0.29) is 11.9 Å². The van der Waals surface area contributed by atoms with Crippen LogP contribution in [0.5, 0.6) is 0 Å². The molecule has 1 aromatic heterocycles. The molecule has 0 aromatic carbocycles. The third-order valence-corrected chi connectivity index (χ3v) is 5.29. The number of carbonyl (C=O) groups excluding carboxylic acids is 1. The molecule has 2 aliphatic heterocycles. The van der Waals surface area contributed by atoms with Crippen LogP contribution in [0.15, 0.2) is 11.4 Å². The summed E-state index contributed by atoms with van der Waals surface area (Å²) in [5.41, 5.74) is 6.24. The molecule has 0 bridgehead atoms. The van der Waals surface area contributed by atoms with Crippen molar-refractivity contribution < 1.29 is 4.79 Å². The van der Waals surface area contributed by atoms with Gasteiger partial charge in [0.25, 0.3) is 5.91 Å². The third kappa shape index (κ3) is 2.84. The third-order valence-electron chi connectivity index (χ3n) is 4.38. The van der Waals surface area contributed by atoms with E-state index in [0.717, 1.165) is 23.5 Å². The first-order valence-electron chi connectivity index (χ1n) is 7.52. The highest BCUT2D eigenvalue weighted by atomic mass is 32.1. The SMILES string of the molecule is CC1CN2CCCC2CN1C(=O)c1sccc1C#CCN. The molecular weight excluding hydrogens is 282 g/mol. The van der Waals surface area contributed by atoms with Crippen molar-refractivity contribution in [3.63, 3.8) is 0 Å². The molecule has 4 nitrogen and oxygen atoms in total. The summed E-state index contributed by atoms with van der Waals surface area (Å²) in [6, 6.07) is 2.73. The maximum absolute atomic E-state index is 12.9. The van der Waals surface area contributed by atoms with Gasteiger partial charge in [-0.25, -0.2) is 0 Å². The van der Waals surface area contributed by atoms with Crippen molar-refractivity contribution in [2.24, 2.45) is 5.73 Å². The predicted octanol–water partition coefficient (Wildman–Crippen LogP) is 1.37. The van der Waals surface area contributed by atoms with Gasteiger partial charge in [0.2, 0.25) is 0 Å². The van der Waals surface area contributed by atoms with Gasteiger partial charge in [0.1, 0.15) is 4.88 Å². The summed E-state index contributed by atoms with van der Waals surface area (Å²) in [4.78, 5) is 18.2. The van der Waals surface area contributed by atoms with Crippen LogP contribution in [0, 0.1) is 11.8 Å². The van der Waals surface area contributed by atoms with Gasteiger partial charge in [0, 0.05) is 30.7 Å². The molecule has 0 spiro atoms. The zero-order valence-corrected chi connectivity index (χ0v) is 13.2. The largest absolute Gasteiger partial charge is 0.332 e. The van der Waals surface area contributed by atoms with Gasteiger partial charge >= 0.3 is 0 Å². The maximum atomic E-state index is 12.9. The summed E-state index contributed by atoms with van der Waals surface area (Å²) in [6.07, 6.45) is 2.46. The van der Waals surface area contributed by atoms with E-state index in [4.69, 9.17) is 5.73 Å². The van der Waals surface area contributed by atoms with Crippen molar-refractivity contribution in [3.8, 4) is 11.8 Å². The molecule has 3 rings (SSSR count). The standard InChI is InChI=1S/C16H21N3OS/c1-12-10-18-8-3-5-14(18)11-19(12)16(20)15-13(4-2-7-17)6-9-21-15/h6,9,12,14H,3,5,7-8,10-11,17H2,1H3. The molecule has 1 aromatic rings. The topological polar surface area (TPSA) is 49.6 Å². The van der Waals surface area contributed by atoms with Crippen LogP contribution in [0.2, 0.25) is 0 Å². The number of nitrogens with two attached hydrogens (primary N) is 1. The van der Waals surface area contributed by atoms with Crippen molar-refractivity contribution >= 4 is 17.2 Å². The fourth-order valence-corrected chi connectivity index (χ4v) is 4.12. The van der Waals surface area contributed by atoms with E-state index in [1.54, 1.807) is 0 Å². The molecule has 0 aliphatic carbocycles. The molecule has 5 heteroatoms. The molecule has 2 aliphatic rings. The minimum absolute atomic E-state index is 0.130. The highest BCUT2D eigenvalue weighted by Gasteiger charge is 2.37. The molecule has 0 saturated carbocycles. The Morgan fingerprint density at radius 3 is 3.19 bits per heavy atom. The van der Waals surface area contributed by atoms with E-state index in [1.165, 1.54) is 30.7 Å². The number of thiophene rings is 1. The summed E-state index contributed by atoms with van der Waals surface area (Å²) < 4.78 is 0. The fraction of sp³-hybridized carbons (Fsp3) is 0.562. The van der Waals surface area contributed by atoms with Gasteiger partial charge in [-0.05, 0) is 37.8 Å². The molecule has 2 N–H and O–H groups in total. The molecule has 1 amide bonds. The smallest absolute Gasteiger partial charge is 0.265 e. The minimum Gasteiger partial charge on any atom is -0.332 e. The van der Waals surface area contributed by atoms with Crippen molar-refractivity contribution in [2.75, 3.05) is 26.2 Å². The Morgan fingerprint density at radius 1 is 1.52 bits per heavy atom. The zero-order valence-electron chi connectivity index (χ0n) is 12.3. The van der Waals surface area contributed by atoms with Crippen LogP contribution >= 0.6 is 11.3 Å². The number of piperazine rings is 1. The van der Waals surface area contributed by atoms with Crippen LogP contribution in [0.25, 0.3) is 0 Å². The Morgan fingerprint density at radius 2 is 2.38 bits per heavy atom. The average Bonchev–Trinajstić information content (AvgIpc) is 3.11. The fourth-order valence-electron chi connectivity index (χ4n) is 3.32. The number of hydrogen-bond donors (Lipinski definition) is 1. The Kier molecular flexibility index (Phi) is 4.29. The quantitative estimate of drug-likeness (QED) is 0.797. The second-order valence-corrected chi connectivity index (χ2v) is 6.68. The molecule has 3 heterocycles. The van der Waals surface area contributed by atoms with E-state index in [9.17, 15) is 4.79 Å². The molecular formula is C16H21N3OS. The van der Waals surface area contributed by atoms with E-state index in [2.05, 4.69) is 23.7 Å². The predicted molar refractivity (Wildman–Crippen MR) is 85.3 cm³/mol. The minimum atomic E-state index is 0.130. The van der Waals surface area contributed by atoms with Gasteiger partial charge in [-0.3, -0.25) is 9.69 Å². The summed E-state index contributed by atoms with van der Waals surface area (Å²) in [5.74, 6) is 5.98. The molecule has 2 atom stereocenters. The van der Waals surface area contributed by atoms with E-state index in [1.807, 2.05) is 16.3 Å². The van der Waals surface area contributed by atoms with Crippen molar-refractivity contribution in [1.29, 1.82) is 0 Å². The number of rotatable bonds is 1. The number of nitrogens with zero attached hydrogens (tertiary/aromatic N) is 2. The Bertz CT molecular complexity index is 586. The second kappa shape index (κ2) is 6.18. The lowest BCUT2D eigenvalue weighted by molar-refractivity contribution is 0.0399. The zero-order chi connectivity index (χ0) is 14.8. The van der Waals surface area contributed by atoms with Crippen LogP contribution in [0.3, 0.4) is 0 Å².